The first-order chi connectivity index (χ1) is 15.6. The quantitative estimate of drug-likeness (QED) is 0.233. The number of carbonyl (C=O) groups is 1. The van der Waals surface area contributed by atoms with Crippen molar-refractivity contribution in [1.82, 2.24) is 11.1 Å². The molecule has 0 atom stereocenters. The van der Waals surface area contributed by atoms with Crippen molar-refractivity contribution in [2.45, 2.75) is 5.54 Å². The largest absolute Gasteiger partial charge is 0.543 e. The molecule has 33 heavy (non-hydrogen) atoms. The van der Waals surface area contributed by atoms with E-state index in [1.165, 1.54) is 18.4 Å². The summed E-state index contributed by atoms with van der Waals surface area (Å²) in [6, 6.07) is 30.2. The molecule has 0 aliphatic heterocycles. The number of carbonyl (C=O) groups excluding carboxylic acids is 1. The van der Waals surface area contributed by atoms with Crippen molar-refractivity contribution in [3.63, 3.8) is 0 Å². The normalized spacial score (nSPS) is 11.4. The lowest BCUT2D eigenvalue weighted by Crippen LogP contribution is -2.38. The minimum absolute atomic E-state index is 0. The Labute approximate surface area is 196 Å². The van der Waals surface area contributed by atoms with Gasteiger partial charge in [0.15, 0.2) is 10.8 Å². The van der Waals surface area contributed by atoms with Gasteiger partial charge in [-0.05, 0) is 16.7 Å². The Morgan fingerprint density at radius 3 is 1.76 bits per heavy atom. The van der Waals surface area contributed by atoms with Gasteiger partial charge in [-0.2, -0.15) is 0 Å². The predicted octanol–water partition coefficient (Wildman–Crippen LogP) is 4.02. The van der Waals surface area contributed by atoms with Gasteiger partial charge in [0.2, 0.25) is 0 Å². The van der Waals surface area contributed by atoms with Gasteiger partial charge in [0.05, 0.1) is 5.97 Å². The van der Waals surface area contributed by atoms with Gasteiger partial charge in [-0.3, -0.25) is 0 Å². The molecule has 0 saturated carbocycles. The summed E-state index contributed by atoms with van der Waals surface area (Å²) in [6.45, 7) is 0. The summed E-state index contributed by atoms with van der Waals surface area (Å²) in [7, 11) is 1.28. The summed E-state index contributed by atoms with van der Waals surface area (Å²) in [4.78, 5) is 20.6. The molecular weight excluding hydrogens is 436 g/mol. The summed E-state index contributed by atoms with van der Waals surface area (Å²) in [5.41, 5.74) is 2.09. The predicted molar refractivity (Wildman–Crippen MR) is 129 cm³/mol. The van der Waals surface area contributed by atoms with Crippen molar-refractivity contribution in [3.05, 3.63) is 119 Å². The molecule has 0 fully saturated rings. The van der Waals surface area contributed by atoms with Crippen molar-refractivity contribution in [2.24, 2.45) is 5.16 Å². The van der Waals surface area contributed by atoms with Crippen LogP contribution in [0.1, 0.15) is 22.4 Å². The molecule has 4 aromatic rings. The highest BCUT2D eigenvalue weighted by Crippen LogP contribution is 2.40. The third-order valence-electron chi connectivity index (χ3n) is 5.04. The molecule has 0 aliphatic carbocycles. The van der Waals surface area contributed by atoms with Gasteiger partial charge < -0.3 is 26.2 Å². The van der Waals surface area contributed by atoms with Gasteiger partial charge in [-0.15, -0.1) is 11.3 Å². The van der Waals surface area contributed by atoms with Crippen LogP contribution in [0.2, 0.25) is 0 Å². The third-order valence-corrected chi connectivity index (χ3v) is 5.80. The van der Waals surface area contributed by atoms with E-state index in [0.29, 0.717) is 5.13 Å². The fraction of sp³-hybridized carbons (Fsp3) is 0.0800. The van der Waals surface area contributed by atoms with Crippen LogP contribution in [0.5, 0.6) is 0 Å². The average Bonchev–Trinajstić information content (AvgIpc) is 3.30. The first-order valence-corrected chi connectivity index (χ1v) is 10.8. The number of aromatic nitrogens is 1. The van der Waals surface area contributed by atoms with Crippen molar-refractivity contribution in [1.29, 1.82) is 0 Å². The zero-order chi connectivity index (χ0) is 22.4. The highest BCUT2D eigenvalue weighted by atomic mass is 32.1. The van der Waals surface area contributed by atoms with Gasteiger partial charge >= 0.3 is 0 Å². The van der Waals surface area contributed by atoms with E-state index in [1.54, 1.807) is 5.38 Å². The van der Waals surface area contributed by atoms with Crippen LogP contribution in [-0.4, -0.2) is 23.8 Å². The van der Waals surface area contributed by atoms with Crippen molar-refractivity contribution < 1.29 is 14.7 Å². The zero-order valence-electron chi connectivity index (χ0n) is 18.3. The fourth-order valence-corrected chi connectivity index (χ4v) is 4.41. The molecule has 0 spiro atoms. The Morgan fingerprint density at radius 1 is 0.909 bits per heavy atom. The lowest BCUT2D eigenvalue weighted by molar-refractivity contribution is -0.294. The number of nitrogens with one attached hydrogen (secondary N) is 1. The number of benzene rings is 3. The van der Waals surface area contributed by atoms with Crippen LogP contribution in [-0.2, 0) is 15.2 Å². The number of thiazole rings is 1. The number of carboxylic acid groups (broad SMARTS) is 1. The molecular formula is C25H24N4O3S. The Kier molecular flexibility index (Phi) is 7.55. The van der Waals surface area contributed by atoms with Crippen LogP contribution in [0.15, 0.2) is 102 Å². The summed E-state index contributed by atoms with van der Waals surface area (Å²) >= 11 is 1.28. The maximum atomic E-state index is 11.5. The van der Waals surface area contributed by atoms with E-state index in [0.717, 1.165) is 16.7 Å². The number of rotatable bonds is 8. The number of hydrogen-bond acceptors (Lipinski definition) is 7. The van der Waals surface area contributed by atoms with Gasteiger partial charge in [0, 0.05) is 5.38 Å². The molecule has 0 aliphatic rings. The Hall–Kier alpha value is -4.01. The van der Waals surface area contributed by atoms with Crippen LogP contribution in [0.3, 0.4) is 0 Å². The summed E-state index contributed by atoms with van der Waals surface area (Å²) in [6.07, 6.45) is 0. The van der Waals surface area contributed by atoms with E-state index >= 15 is 0 Å². The molecule has 3 aromatic carbocycles. The molecule has 0 bridgehead atoms. The molecule has 4 rings (SSSR count). The molecule has 168 valence electrons. The number of carboxylic acids is 1. The number of oxime groups is 1. The number of quaternary nitrogens is 1. The van der Waals surface area contributed by atoms with Crippen molar-refractivity contribution in [2.75, 3.05) is 12.4 Å². The summed E-state index contributed by atoms with van der Waals surface area (Å²) in [5, 5.41) is 20.8. The Morgan fingerprint density at radius 2 is 1.36 bits per heavy atom. The lowest BCUT2D eigenvalue weighted by Gasteiger charge is -2.36. The highest BCUT2D eigenvalue weighted by molar-refractivity contribution is 7.14. The van der Waals surface area contributed by atoms with Gasteiger partial charge in [-0.1, -0.05) is 96.2 Å². The minimum atomic E-state index is -1.45. The van der Waals surface area contributed by atoms with E-state index in [9.17, 15) is 9.90 Å². The average molecular weight is 461 g/mol. The van der Waals surface area contributed by atoms with Crippen molar-refractivity contribution in [3.8, 4) is 0 Å². The zero-order valence-corrected chi connectivity index (χ0v) is 19.1. The molecule has 5 N–H and O–H groups in total. The topological polar surface area (TPSA) is 123 Å². The molecule has 1 heterocycles. The second-order valence-electron chi connectivity index (χ2n) is 6.92. The SMILES string of the molecule is CON=C(C(=O)[O-])c1csc(NC(c2ccccc2)(c2ccccc2)c2ccccc2)n1.[NH4+]. The van der Waals surface area contributed by atoms with Crippen LogP contribution >= 0.6 is 11.3 Å². The van der Waals surface area contributed by atoms with Crippen LogP contribution in [0.25, 0.3) is 0 Å². The number of anilines is 1. The molecule has 7 nitrogen and oxygen atoms in total. The van der Waals surface area contributed by atoms with Crippen LogP contribution in [0.4, 0.5) is 5.13 Å². The second kappa shape index (κ2) is 10.5. The van der Waals surface area contributed by atoms with Gasteiger partial charge in [0.25, 0.3) is 0 Å². The van der Waals surface area contributed by atoms with E-state index in [4.69, 9.17) is 0 Å². The molecule has 0 radical (unpaired) electrons. The summed E-state index contributed by atoms with van der Waals surface area (Å²) < 4.78 is 0. The number of hydrogen-bond donors (Lipinski definition) is 2. The highest BCUT2D eigenvalue weighted by Gasteiger charge is 2.37. The maximum Gasteiger partial charge on any atom is 0.184 e. The van der Waals surface area contributed by atoms with Crippen LogP contribution in [0, 0.1) is 0 Å². The second-order valence-corrected chi connectivity index (χ2v) is 7.78. The Bertz CT molecular complexity index is 1120. The van der Waals surface area contributed by atoms with Crippen molar-refractivity contribution >= 4 is 28.1 Å². The maximum absolute atomic E-state index is 11.5. The molecule has 0 unspecified atom stereocenters. The smallest absolute Gasteiger partial charge is 0.184 e. The molecule has 0 saturated heterocycles. The fourth-order valence-electron chi connectivity index (χ4n) is 3.66. The monoisotopic (exact) mass is 460 g/mol. The van der Waals surface area contributed by atoms with E-state index in [1.807, 2.05) is 54.6 Å². The molecule has 8 heteroatoms. The number of nitrogens with zero attached hydrogens (tertiary/aromatic N) is 2. The van der Waals surface area contributed by atoms with Crippen LogP contribution < -0.4 is 16.6 Å². The van der Waals surface area contributed by atoms with Gasteiger partial charge in [-0.25, -0.2) is 4.98 Å². The minimum Gasteiger partial charge on any atom is -0.543 e. The lowest BCUT2D eigenvalue weighted by atomic mass is 9.77. The first-order valence-electron chi connectivity index (χ1n) is 9.88. The molecule has 0 amide bonds. The van der Waals surface area contributed by atoms with E-state index < -0.39 is 11.5 Å². The van der Waals surface area contributed by atoms with E-state index in [-0.39, 0.29) is 17.6 Å². The Balaban J connectivity index is 0.00000306. The van der Waals surface area contributed by atoms with Gasteiger partial charge in [0.1, 0.15) is 18.3 Å². The van der Waals surface area contributed by atoms with E-state index in [2.05, 4.69) is 56.7 Å². The third kappa shape index (κ3) is 4.77. The first kappa shape index (κ1) is 23.6. The standard InChI is InChI=1S/C25H21N3O3S.H3N/c1-31-28-22(23(29)30)21-17-32-24(26-21)27-25(18-11-5-2-6-12-18,19-13-7-3-8-14-19)20-15-9-4-10-16-20;/h2-17H,1H3,(H,26,27)(H,29,30);1H3. The molecule has 1 aromatic heterocycles. The summed E-state index contributed by atoms with van der Waals surface area (Å²) in [5.74, 6) is -1.45. The number of aliphatic carboxylic acids is 1.